The van der Waals surface area contributed by atoms with Crippen molar-refractivity contribution in [2.75, 3.05) is 12.9 Å². The number of rotatable bonds is 8. The second-order valence-electron chi connectivity index (χ2n) is 7.44. The lowest BCUT2D eigenvalue weighted by Crippen LogP contribution is -2.16. The van der Waals surface area contributed by atoms with Crippen LogP contribution in [0.5, 0.6) is 5.75 Å². The van der Waals surface area contributed by atoms with Crippen LogP contribution < -0.4 is 10.3 Å². The van der Waals surface area contributed by atoms with E-state index in [0.717, 1.165) is 22.7 Å². The number of pyridine rings is 2. The first-order valence-corrected chi connectivity index (χ1v) is 11.9. The molecule has 9 heteroatoms. The molecule has 0 spiro atoms. The Morgan fingerprint density at radius 1 is 1.00 bits per heavy atom. The third kappa shape index (κ3) is 6.03. The third-order valence-corrected chi connectivity index (χ3v) is 5.47. The SMILES string of the molecule is CS(=O)(=O)OCCc1ccc2cc(-n3ccc(OCc4ccc(F)cc4)cc3=O)ccc2n1. The van der Waals surface area contributed by atoms with Crippen molar-refractivity contribution in [1.29, 1.82) is 0 Å². The highest BCUT2D eigenvalue weighted by atomic mass is 32.2. The maximum absolute atomic E-state index is 13.0. The monoisotopic (exact) mass is 468 g/mol. The number of halogens is 1. The van der Waals surface area contributed by atoms with Gasteiger partial charge in [-0.15, -0.1) is 0 Å². The molecule has 2 aromatic heterocycles. The summed E-state index contributed by atoms with van der Waals surface area (Å²) in [7, 11) is -3.48. The van der Waals surface area contributed by atoms with E-state index in [1.165, 1.54) is 22.8 Å². The molecule has 0 fully saturated rings. The van der Waals surface area contributed by atoms with Gasteiger partial charge in [-0.3, -0.25) is 18.5 Å². The summed E-state index contributed by atoms with van der Waals surface area (Å²) >= 11 is 0. The van der Waals surface area contributed by atoms with Crippen LogP contribution >= 0.6 is 0 Å². The van der Waals surface area contributed by atoms with Gasteiger partial charge in [0.1, 0.15) is 18.2 Å². The van der Waals surface area contributed by atoms with Crippen molar-refractivity contribution >= 4 is 21.0 Å². The van der Waals surface area contributed by atoms with Gasteiger partial charge in [0.05, 0.1) is 18.4 Å². The third-order valence-electron chi connectivity index (χ3n) is 4.87. The fourth-order valence-corrected chi connectivity index (χ4v) is 3.64. The predicted octanol–water partition coefficient (Wildman–Crippen LogP) is 3.62. The minimum Gasteiger partial charge on any atom is -0.489 e. The standard InChI is InChI=1S/C24H21FN2O5S/c1-33(29,30)32-13-11-20-7-4-18-14-21(8-9-23(18)26-20)27-12-10-22(15-24(27)28)31-16-17-2-5-19(25)6-3-17/h2-10,12,14-15H,11,13,16H2,1H3. The van der Waals surface area contributed by atoms with Crippen LogP contribution in [0.15, 0.2) is 77.7 Å². The fourth-order valence-electron chi connectivity index (χ4n) is 3.25. The van der Waals surface area contributed by atoms with Gasteiger partial charge in [-0.25, -0.2) is 4.39 Å². The van der Waals surface area contributed by atoms with Gasteiger partial charge >= 0.3 is 0 Å². The van der Waals surface area contributed by atoms with Crippen LogP contribution in [0.2, 0.25) is 0 Å². The number of nitrogens with zero attached hydrogens (tertiary/aromatic N) is 2. The smallest absolute Gasteiger partial charge is 0.264 e. The van der Waals surface area contributed by atoms with Gasteiger partial charge in [0.15, 0.2) is 0 Å². The Bertz CT molecular complexity index is 1450. The molecule has 0 saturated heterocycles. The first-order chi connectivity index (χ1) is 15.8. The zero-order valence-corrected chi connectivity index (χ0v) is 18.6. The summed E-state index contributed by atoms with van der Waals surface area (Å²) in [6.07, 6.45) is 3.01. The number of hydrogen-bond acceptors (Lipinski definition) is 6. The normalized spacial score (nSPS) is 11.6. The molecule has 0 N–H and O–H groups in total. The largest absolute Gasteiger partial charge is 0.489 e. The Labute approximate surface area is 190 Å². The second-order valence-corrected chi connectivity index (χ2v) is 9.09. The van der Waals surface area contributed by atoms with Crippen molar-refractivity contribution in [3.63, 3.8) is 0 Å². The van der Waals surface area contributed by atoms with Gasteiger partial charge in [-0.2, -0.15) is 8.42 Å². The molecule has 0 amide bonds. The lowest BCUT2D eigenvalue weighted by atomic mass is 10.1. The van der Waals surface area contributed by atoms with Crippen molar-refractivity contribution in [1.82, 2.24) is 9.55 Å². The van der Waals surface area contributed by atoms with E-state index in [9.17, 15) is 17.6 Å². The molecular weight excluding hydrogens is 447 g/mol. The highest BCUT2D eigenvalue weighted by Gasteiger charge is 2.07. The highest BCUT2D eigenvalue weighted by Crippen LogP contribution is 2.18. The summed E-state index contributed by atoms with van der Waals surface area (Å²) in [5.74, 6) is 0.105. The first-order valence-electron chi connectivity index (χ1n) is 10.1. The zero-order valence-electron chi connectivity index (χ0n) is 17.8. The highest BCUT2D eigenvalue weighted by molar-refractivity contribution is 7.85. The van der Waals surface area contributed by atoms with Gasteiger partial charge in [-0.05, 0) is 48.0 Å². The van der Waals surface area contributed by atoms with Crippen molar-refractivity contribution in [3.05, 3.63) is 100 Å². The molecule has 2 heterocycles. The quantitative estimate of drug-likeness (QED) is 0.367. The molecule has 0 aliphatic heterocycles. The maximum Gasteiger partial charge on any atom is 0.264 e. The van der Waals surface area contributed by atoms with Gasteiger partial charge in [0, 0.05) is 35.5 Å². The Morgan fingerprint density at radius 2 is 1.79 bits per heavy atom. The van der Waals surface area contributed by atoms with Crippen molar-refractivity contribution in [2.45, 2.75) is 13.0 Å². The molecule has 33 heavy (non-hydrogen) atoms. The van der Waals surface area contributed by atoms with Gasteiger partial charge in [-0.1, -0.05) is 18.2 Å². The molecular formula is C24H21FN2O5S. The molecule has 0 aliphatic carbocycles. The molecule has 7 nitrogen and oxygen atoms in total. The number of hydrogen-bond donors (Lipinski definition) is 0. The van der Waals surface area contributed by atoms with E-state index in [-0.39, 0.29) is 24.6 Å². The lowest BCUT2D eigenvalue weighted by Gasteiger charge is -2.10. The molecule has 4 aromatic rings. The van der Waals surface area contributed by atoms with E-state index < -0.39 is 10.1 Å². The molecule has 4 rings (SSSR count). The summed E-state index contributed by atoms with van der Waals surface area (Å²) in [6.45, 7) is 0.253. The summed E-state index contributed by atoms with van der Waals surface area (Å²) in [4.78, 5) is 17.2. The average molecular weight is 469 g/mol. The Kier molecular flexibility index (Phi) is 6.52. The summed E-state index contributed by atoms with van der Waals surface area (Å²) < 4.78 is 47.1. The van der Waals surface area contributed by atoms with Crippen LogP contribution in [0.4, 0.5) is 4.39 Å². The minimum atomic E-state index is -3.48. The number of ether oxygens (including phenoxy) is 1. The number of benzene rings is 2. The molecule has 2 aromatic carbocycles. The van der Waals surface area contributed by atoms with Crippen LogP contribution in [-0.4, -0.2) is 30.8 Å². The van der Waals surface area contributed by atoms with E-state index in [4.69, 9.17) is 8.92 Å². The summed E-state index contributed by atoms with van der Waals surface area (Å²) in [5, 5.41) is 0.837. The van der Waals surface area contributed by atoms with E-state index in [2.05, 4.69) is 4.98 Å². The van der Waals surface area contributed by atoms with Crippen molar-refractivity contribution < 1.29 is 21.7 Å². The summed E-state index contributed by atoms with van der Waals surface area (Å²) in [5.41, 5.74) is 2.65. The molecule has 0 aliphatic rings. The van der Waals surface area contributed by atoms with E-state index in [0.29, 0.717) is 23.6 Å². The van der Waals surface area contributed by atoms with Gasteiger partial charge < -0.3 is 4.74 Å². The molecule has 0 unspecified atom stereocenters. The topological polar surface area (TPSA) is 87.5 Å². The molecule has 0 bridgehead atoms. The van der Waals surface area contributed by atoms with Crippen molar-refractivity contribution in [3.8, 4) is 11.4 Å². The Morgan fingerprint density at radius 3 is 2.52 bits per heavy atom. The molecule has 170 valence electrons. The maximum atomic E-state index is 13.0. The second kappa shape index (κ2) is 9.51. The minimum absolute atomic E-state index is 0.0282. The first kappa shape index (κ1) is 22.6. The lowest BCUT2D eigenvalue weighted by molar-refractivity contribution is 0.305. The van der Waals surface area contributed by atoms with Crippen LogP contribution in [0.3, 0.4) is 0 Å². The van der Waals surface area contributed by atoms with Crippen LogP contribution in [0.25, 0.3) is 16.6 Å². The van der Waals surface area contributed by atoms with Crippen LogP contribution in [0.1, 0.15) is 11.3 Å². The van der Waals surface area contributed by atoms with Gasteiger partial charge in [0.25, 0.3) is 15.7 Å². The molecule has 0 radical (unpaired) electrons. The number of aromatic nitrogens is 2. The Balaban J connectivity index is 1.47. The fraction of sp³-hybridized carbons (Fsp3) is 0.167. The summed E-state index contributed by atoms with van der Waals surface area (Å²) in [6, 6.07) is 18.2. The Hall–Kier alpha value is -3.56. The average Bonchev–Trinajstić information content (AvgIpc) is 2.77. The van der Waals surface area contributed by atoms with Crippen LogP contribution in [-0.2, 0) is 27.3 Å². The van der Waals surface area contributed by atoms with E-state index in [1.807, 2.05) is 12.1 Å². The van der Waals surface area contributed by atoms with E-state index >= 15 is 0 Å². The van der Waals surface area contributed by atoms with Crippen molar-refractivity contribution in [2.24, 2.45) is 0 Å². The van der Waals surface area contributed by atoms with Crippen LogP contribution in [0, 0.1) is 5.82 Å². The van der Waals surface area contributed by atoms with Gasteiger partial charge in [0.2, 0.25) is 0 Å². The molecule has 0 saturated carbocycles. The zero-order chi connectivity index (χ0) is 23.4. The predicted molar refractivity (Wildman–Crippen MR) is 123 cm³/mol. The number of fused-ring (bicyclic) bond motifs is 1. The molecule has 0 atom stereocenters. The van der Waals surface area contributed by atoms with E-state index in [1.54, 1.807) is 42.6 Å².